The van der Waals surface area contributed by atoms with Crippen LogP contribution in [-0.4, -0.2) is 61.0 Å². The molecule has 0 amide bonds. The number of carbonyl (C=O) groups is 1. The summed E-state index contributed by atoms with van der Waals surface area (Å²) in [6.07, 6.45) is 5.41. The van der Waals surface area contributed by atoms with Gasteiger partial charge in [0, 0.05) is 43.1 Å². The Morgan fingerprint density at radius 3 is 2.84 bits per heavy atom. The number of hydrogen-bond donors (Lipinski definition) is 2. The highest BCUT2D eigenvalue weighted by Crippen LogP contribution is 2.34. The number of aromatic amines is 1. The van der Waals surface area contributed by atoms with Gasteiger partial charge in [0.1, 0.15) is 5.65 Å². The fourth-order valence-electron chi connectivity index (χ4n) is 4.44. The normalized spacial score (nSPS) is 20.1. The molecule has 0 bridgehead atoms. The van der Waals surface area contributed by atoms with Gasteiger partial charge in [0.2, 0.25) is 0 Å². The van der Waals surface area contributed by atoms with Gasteiger partial charge >= 0.3 is 5.97 Å². The summed E-state index contributed by atoms with van der Waals surface area (Å²) in [5.41, 5.74) is 5.09. The maximum absolute atomic E-state index is 12.1. The Bertz CT molecular complexity index is 1080. The van der Waals surface area contributed by atoms with E-state index in [1.165, 1.54) is 12.7 Å². The van der Waals surface area contributed by atoms with Crippen LogP contribution in [0.25, 0.3) is 22.3 Å². The van der Waals surface area contributed by atoms with Crippen LogP contribution in [0.5, 0.6) is 0 Å². The first kappa shape index (κ1) is 20.1. The number of fused-ring (bicyclic) bond motifs is 1. The van der Waals surface area contributed by atoms with E-state index in [4.69, 9.17) is 19.2 Å². The quantitative estimate of drug-likeness (QED) is 0.624. The summed E-state index contributed by atoms with van der Waals surface area (Å²) < 4.78 is 16.2. The molecule has 1 unspecified atom stereocenters. The van der Waals surface area contributed by atoms with Crippen molar-refractivity contribution in [1.29, 1.82) is 0 Å². The Kier molecular flexibility index (Phi) is 5.67. The zero-order valence-corrected chi connectivity index (χ0v) is 17.5. The Labute approximate surface area is 180 Å². The molecule has 2 fully saturated rings. The molecule has 0 aromatic carbocycles. The molecule has 8 nitrogen and oxygen atoms in total. The molecule has 3 aromatic heterocycles. The summed E-state index contributed by atoms with van der Waals surface area (Å²) in [4.78, 5) is 24.7. The lowest BCUT2D eigenvalue weighted by atomic mass is 9.88. The third-order valence-corrected chi connectivity index (χ3v) is 6.10. The van der Waals surface area contributed by atoms with Crippen molar-refractivity contribution in [2.24, 2.45) is 0 Å². The van der Waals surface area contributed by atoms with Crippen LogP contribution in [0.15, 0.2) is 30.6 Å². The second kappa shape index (κ2) is 8.74. The monoisotopic (exact) mass is 422 g/mol. The van der Waals surface area contributed by atoms with Gasteiger partial charge in [-0.15, -0.1) is 0 Å². The second-order valence-electron chi connectivity index (χ2n) is 7.95. The van der Waals surface area contributed by atoms with E-state index >= 15 is 0 Å². The standard InChI is InChI=1S/C23H26N4O4/c1-29-23(28)18-12-26-22-17(18)10-15(11-25-22)19-3-2-16(14-4-7-30-8-5-14)21(27-19)20-13-31-9-6-24-20/h2-3,10-12,14,20,24H,4-9,13H2,1H3,(H,25,26). The van der Waals surface area contributed by atoms with Crippen LogP contribution in [0.2, 0.25) is 0 Å². The van der Waals surface area contributed by atoms with Gasteiger partial charge in [0.15, 0.2) is 0 Å². The number of aromatic nitrogens is 3. The molecule has 2 aliphatic heterocycles. The molecular weight excluding hydrogens is 396 g/mol. The van der Waals surface area contributed by atoms with Crippen molar-refractivity contribution >= 4 is 17.0 Å². The molecule has 0 aliphatic carbocycles. The number of H-pyrrole nitrogens is 1. The predicted octanol–water partition coefficient (Wildman–Crippen LogP) is 2.97. The minimum atomic E-state index is -0.391. The number of nitrogens with one attached hydrogen (secondary N) is 2. The van der Waals surface area contributed by atoms with E-state index in [9.17, 15) is 4.79 Å². The minimum Gasteiger partial charge on any atom is -0.465 e. The molecule has 2 N–H and O–H groups in total. The number of carbonyl (C=O) groups excluding carboxylic acids is 1. The topological polar surface area (TPSA) is 98.4 Å². The smallest absolute Gasteiger partial charge is 0.340 e. The van der Waals surface area contributed by atoms with Gasteiger partial charge < -0.3 is 24.5 Å². The Hall–Kier alpha value is -2.81. The number of pyridine rings is 2. The first-order valence-corrected chi connectivity index (χ1v) is 10.7. The van der Waals surface area contributed by atoms with Gasteiger partial charge in [0.05, 0.1) is 43.3 Å². The SMILES string of the molecule is COC(=O)c1c[nH]c2ncc(-c3ccc(C4CCOCC4)c(C4COCCN4)n3)cc12. The lowest BCUT2D eigenvalue weighted by molar-refractivity contribution is 0.0603. The molecule has 8 heteroatoms. The number of hydrogen-bond acceptors (Lipinski definition) is 7. The fraction of sp³-hybridized carbons (Fsp3) is 0.435. The third-order valence-electron chi connectivity index (χ3n) is 6.10. The van der Waals surface area contributed by atoms with Gasteiger partial charge in [-0.3, -0.25) is 4.98 Å². The van der Waals surface area contributed by atoms with Gasteiger partial charge in [-0.2, -0.15) is 0 Å². The maximum Gasteiger partial charge on any atom is 0.340 e. The summed E-state index contributed by atoms with van der Waals surface area (Å²) in [6, 6.07) is 6.23. The lowest BCUT2D eigenvalue weighted by Crippen LogP contribution is -2.36. The number of esters is 1. The largest absolute Gasteiger partial charge is 0.465 e. The zero-order chi connectivity index (χ0) is 21.2. The minimum absolute atomic E-state index is 0.0566. The molecule has 5 heterocycles. The summed E-state index contributed by atoms with van der Waals surface area (Å²) in [6.45, 7) is 3.69. The third kappa shape index (κ3) is 3.94. The van der Waals surface area contributed by atoms with Crippen molar-refractivity contribution in [3.63, 3.8) is 0 Å². The highest BCUT2D eigenvalue weighted by Gasteiger charge is 2.26. The number of methoxy groups -OCH3 is 1. The van der Waals surface area contributed by atoms with Gasteiger partial charge in [-0.05, 0) is 36.5 Å². The van der Waals surface area contributed by atoms with Crippen LogP contribution in [0.3, 0.4) is 0 Å². The number of rotatable bonds is 4. The van der Waals surface area contributed by atoms with Crippen LogP contribution in [0, 0.1) is 0 Å². The average molecular weight is 422 g/mol. The molecule has 3 aromatic rings. The van der Waals surface area contributed by atoms with Crippen molar-refractivity contribution in [1.82, 2.24) is 20.3 Å². The first-order chi connectivity index (χ1) is 15.2. The Balaban J connectivity index is 1.56. The molecular formula is C23H26N4O4. The van der Waals surface area contributed by atoms with Crippen molar-refractivity contribution < 1.29 is 19.0 Å². The highest BCUT2D eigenvalue weighted by atomic mass is 16.5. The van der Waals surface area contributed by atoms with Crippen LogP contribution >= 0.6 is 0 Å². The van der Waals surface area contributed by atoms with Gasteiger partial charge in [-0.25, -0.2) is 9.78 Å². The van der Waals surface area contributed by atoms with Crippen LogP contribution in [-0.2, 0) is 14.2 Å². The van der Waals surface area contributed by atoms with Crippen molar-refractivity contribution in [3.05, 3.63) is 47.4 Å². The molecule has 0 spiro atoms. The molecule has 0 radical (unpaired) electrons. The van der Waals surface area contributed by atoms with E-state index in [2.05, 4.69) is 21.4 Å². The van der Waals surface area contributed by atoms with Crippen molar-refractivity contribution in [2.45, 2.75) is 24.8 Å². The summed E-state index contributed by atoms with van der Waals surface area (Å²) in [5.74, 6) is 0.0440. The second-order valence-corrected chi connectivity index (χ2v) is 7.95. The van der Waals surface area contributed by atoms with E-state index in [0.717, 1.165) is 54.9 Å². The van der Waals surface area contributed by atoms with E-state index in [1.54, 1.807) is 12.4 Å². The van der Waals surface area contributed by atoms with Gasteiger partial charge in [-0.1, -0.05) is 6.07 Å². The number of nitrogens with zero attached hydrogens (tertiary/aromatic N) is 2. The highest BCUT2D eigenvalue weighted by molar-refractivity contribution is 6.03. The molecule has 2 aliphatic rings. The average Bonchev–Trinajstić information content (AvgIpc) is 3.27. The Morgan fingerprint density at radius 2 is 2.06 bits per heavy atom. The van der Waals surface area contributed by atoms with E-state index < -0.39 is 5.97 Å². The number of morpholine rings is 1. The fourth-order valence-corrected chi connectivity index (χ4v) is 4.44. The van der Waals surface area contributed by atoms with Crippen LogP contribution < -0.4 is 5.32 Å². The van der Waals surface area contributed by atoms with Crippen LogP contribution in [0.1, 0.15) is 46.4 Å². The van der Waals surface area contributed by atoms with Crippen LogP contribution in [0.4, 0.5) is 0 Å². The molecule has 5 rings (SSSR count). The molecule has 31 heavy (non-hydrogen) atoms. The Morgan fingerprint density at radius 1 is 1.19 bits per heavy atom. The van der Waals surface area contributed by atoms with Crippen molar-refractivity contribution in [2.75, 3.05) is 40.1 Å². The summed E-state index contributed by atoms with van der Waals surface area (Å²) in [7, 11) is 1.38. The van der Waals surface area contributed by atoms with E-state index in [1.807, 2.05) is 12.1 Å². The zero-order valence-electron chi connectivity index (χ0n) is 17.5. The van der Waals surface area contributed by atoms with E-state index in [0.29, 0.717) is 30.3 Å². The molecule has 162 valence electrons. The maximum atomic E-state index is 12.1. The van der Waals surface area contributed by atoms with Crippen molar-refractivity contribution in [3.8, 4) is 11.3 Å². The van der Waals surface area contributed by atoms with Gasteiger partial charge in [0.25, 0.3) is 0 Å². The predicted molar refractivity (Wildman–Crippen MR) is 115 cm³/mol. The molecule has 2 saturated heterocycles. The molecule has 1 atom stereocenters. The van der Waals surface area contributed by atoms with E-state index in [-0.39, 0.29) is 6.04 Å². The first-order valence-electron chi connectivity index (χ1n) is 10.7. The summed E-state index contributed by atoms with van der Waals surface area (Å²) >= 11 is 0. The lowest BCUT2D eigenvalue weighted by Gasteiger charge is -2.29. The molecule has 0 saturated carbocycles. The number of ether oxygens (including phenoxy) is 3. The summed E-state index contributed by atoms with van der Waals surface area (Å²) in [5, 5.41) is 4.27.